The number of rotatable bonds is 3. The number of nitrogens with one attached hydrogen (secondary N) is 1. The van der Waals surface area contributed by atoms with Crippen LogP contribution in [0, 0.1) is 11.2 Å². The quantitative estimate of drug-likeness (QED) is 0.636. The van der Waals surface area contributed by atoms with Gasteiger partial charge >= 0.3 is 12.0 Å². The highest BCUT2D eigenvalue weighted by atomic mass is 19.1. The highest BCUT2D eigenvalue weighted by Crippen LogP contribution is 2.36. The summed E-state index contributed by atoms with van der Waals surface area (Å²) in [6.45, 7) is 1.18. The Balaban J connectivity index is 1.57. The van der Waals surface area contributed by atoms with Crippen molar-refractivity contribution in [3.8, 4) is 0 Å². The molecular formula is C18H20FN3O4. The van der Waals surface area contributed by atoms with Gasteiger partial charge in [-0.3, -0.25) is 9.59 Å². The number of hydrogen-bond acceptors (Lipinski definition) is 3. The summed E-state index contributed by atoms with van der Waals surface area (Å²) in [6, 6.07) is 5.12. The molecular weight excluding hydrogens is 341 g/mol. The van der Waals surface area contributed by atoms with Crippen molar-refractivity contribution in [3.05, 3.63) is 42.2 Å². The van der Waals surface area contributed by atoms with Crippen LogP contribution >= 0.6 is 0 Å². The minimum atomic E-state index is -1.40. The fourth-order valence-electron chi connectivity index (χ4n) is 3.24. The zero-order valence-corrected chi connectivity index (χ0v) is 14.2. The average molecular weight is 361 g/mol. The maximum absolute atomic E-state index is 12.9. The normalized spacial score (nSPS) is 18.7. The van der Waals surface area contributed by atoms with Gasteiger partial charge in [0, 0.05) is 31.9 Å². The molecule has 2 aliphatic rings. The lowest BCUT2D eigenvalue weighted by molar-refractivity contribution is -0.160. The van der Waals surface area contributed by atoms with Gasteiger partial charge in [0.2, 0.25) is 5.91 Å². The van der Waals surface area contributed by atoms with Gasteiger partial charge in [-0.25, -0.2) is 9.18 Å². The van der Waals surface area contributed by atoms with Crippen LogP contribution in [-0.2, 0) is 9.59 Å². The van der Waals surface area contributed by atoms with Gasteiger partial charge < -0.3 is 20.2 Å². The van der Waals surface area contributed by atoms with E-state index in [0.717, 1.165) is 0 Å². The number of amides is 3. The van der Waals surface area contributed by atoms with Crippen LogP contribution in [0.15, 0.2) is 36.4 Å². The first kappa shape index (κ1) is 17.9. The van der Waals surface area contributed by atoms with E-state index in [2.05, 4.69) is 5.32 Å². The molecule has 0 unspecified atom stereocenters. The molecule has 0 radical (unpaired) electrons. The number of hydrogen-bond donors (Lipinski definition) is 2. The van der Waals surface area contributed by atoms with E-state index in [9.17, 15) is 23.9 Å². The molecule has 3 rings (SSSR count). The number of urea groups is 1. The molecule has 1 aromatic rings. The molecule has 1 aliphatic carbocycles. The number of carbonyl (C=O) groups excluding carboxylic acids is 2. The van der Waals surface area contributed by atoms with Gasteiger partial charge in [0.25, 0.3) is 0 Å². The Bertz CT molecular complexity index is 731. The number of carboxylic acids is 1. The lowest BCUT2D eigenvalue weighted by Gasteiger charge is -2.38. The summed E-state index contributed by atoms with van der Waals surface area (Å²) in [5, 5.41) is 12.2. The second kappa shape index (κ2) is 7.15. The molecule has 3 amide bonds. The largest absolute Gasteiger partial charge is 0.480 e. The zero-order valence-electron chi connectivity index (χ0n) is 14.2. The Morgan fingerprint density at radius 2 is 1.50 bits per heavy atom. The van der Waals surface area contributed by atoms with Crippen molar-refractivity contribution >= 4 is 23.6 Å². The summed E-state index contributed by atoms with van der Waals surface area (Å²) in [6.07, 6.45) is 3.84. The summed E-state index contributed by atoms with van der Waals surface area (Å²) in [5.74, 6) is -1.89. The molecule has 1 fully saturated rings. The molecule has 0 bridgehead atoms. The number of anilines is 1. The van der Waals surface area contributed by atoms with Crippen molar-refractivity contribution in [3.63, 3.8) is 0 Å². The van der Waals surface area contributed by atoms with Gasteiger partial charge in [-0.1, -0.05) is 12.2 Å². The lowest BCUT2D eigenvalue weighted by atomic mass is 9.83. The first-order chi connectivity index (χ1) is 12.4. The number of benzene rings is 1. The van der Waals surface area contributed by atoms with E-state index in [-0.39, 0.29) is 37.8 Å². The summed E-state index contributed by atoms with van der Waals surface area (Å²) < 4.78 is 12.9. The minimum absolute atomic E-state index is 0.201. The lowest BCUT2D eigenvalue weighted by Crippen LogP contribution is -2.56. The molecule has 2 N–H and O–H groups in total. The number of allylic oxidation sites excluding steroid dienone is 2. The van der Waals surface area contributed by atoms with Gasteiger partial charge in [0.05, 0.1) is 0 Å². The van der Waals surface area contributed by atoms with Crippen LogP contribution in [0.5, 0.6) is 0 Å². The van der Waals surface area contributed by atoms with E-state index in [1.165, 1.54) is 29.2 Å². The maximum Gasteiger partial charge on any atom is 0.321 e. The van der Waals surface area contributed by atoms with Crippen LogP contribution in [0.2, 0.25) is 0 Å². The van der Waals surface area contributed by atoms with Crippen molar-refractivity contribution in [1.29, 1.82) is 0 Å². The summed E-state index contributed by atoms with van der Waals surface area (Å²) in [7, 11) is 0. The second-order valence-electron chi connectivity index (χ2n) is 6.48. The van der Waals surface area contributed by atoms with Crippen LogP contribution in [0.4, 0.5) is 14.9 Å². The zero-order chi connectivity index (χ0) is 18.7. The predicted molar refractivity (Wildman–Crippen MR) is 92.0 cm³/mol. The fourth-order valence-corrected chi connectivity index (χ4v) is 3.24. The van der Waals surface area contributed by atoms with E-state index >= 15 is 0 Å². The molecule has 138 valence electrons. The fraction of sp³-hybridized carbons (Fsp3) is 0.389. The topological polar surface area (TPSA) is 90.0 Å². The Morgan fingerprint density at radius 1 is 0.962 bits per heavy atom. The van der Waals surface area contributed by atoms with Crippen LogP contribution in [0.25, 0.3) is 0 Å². The van der Waals surface area contributed by atoms with Gasteiger partial charge in [0.15, 0.2) is 5.41 Å². The number of nitrogens with zero attached hydrogens (tertiary/aromatic N) is 2. The van der Waals surface area contributed by atoms with Crippen LogP contribution in [-0.4, -0.2) is 59.0 Å². The molecule has 0 saturated carbocycles. The summed E-state index contributed by atoms with van der Waals surface area (Å²) >= 11 is 0. The minimum Gasteiger partial charge on any atom is -0.480 e. The molecule has 0 atom stereocenters. The first-order valence-corrected chi connectivity index (χ1v) is 8.42. The van der Waals surface area contributed by atoms with Gasteiger partial charge in [0.1, 0.15) is 5.82 Å². The van der Waals surface area contributed by atoms with Crippen molar-refractivity contribution in [2.75, 3.05) is 31.5 Å². The molecule has 0 spiro atoms. The highest BCUT2D eigenvalue weighted by Gasteiger charge is 2.49. The standard InChI is InChI=1S/C18H20FN3O4/c19-13-3-5-14(6-4-13)20-17(26)22-11-9-21(10-12-22)15(23)18(16(24)25)7-1-2-8-18/h1-6H,7-12H2,(H,20,26)(H,24,25). The molecule has 7 nitrogen and oxygen atoms in total. The number of carboxylic acid groups (broad SMARTS) is 1. The molecule has 8 heteroatoms. The molecule has 1 aromatic carbocycles. The average Bonchev–Trinajstić information content (AvgIpc) is 3.14. The SMILES string of the molecule is O=C(Nc1ccc(F)cc1)N1CCN(C(=O)C2(C(=O)O)CC=CC2)CC1. The van der Waals surface area contributed by atoms with Crippen LogP contribution in [0.3, 0.4) is 0 Å². The van der Waals surface area contributed by atoms with Crippen molar-refractivity contribution < 1.29 is 23.9 Å². The van der Waals surface area contributed by atoms with Crippen LogP contribution in [0.1, 0.15) is 12.8 Å². The molecule has 1 heterocycles. The molecule has 0 aromatic heterocycles. The third-order valence-corrected chi connectivity index (χ3v) is 4.87. The van der Waals surface area contributed by atoms with Gasteiger partial charge in [-0.05, 0) is 37.1 Å². The van der Waals surface area contributed by atoms with Crippen molar-refractivity contribution in [1.82, 2.24) is 9.80 Å². The third-order valence-electron chi connectivity index (χ3n) is 4.87. The third kappa shape index (κ3) is 3.40. The van der Waals surface area contributed by atoms with E-state index < -0.39 is 17.3 Å². The van der Waals surface area contributed by atoms with Crippen molar-refractivity contribution in [2.45, 2.75) is 12.8 Å². The van der Waals surface area contributed by atoms with E-state index in [0.29, 0.717) is 18.8 Å². The summed E-state index contributed by atoms with van der Waals surface area (Å²) in [4.78, 5) is 39.7. The molecule has 1 saturated heterocycles. The van der Waals surface area contributed by atoms with Crippen molar-refractivity contribution in [2.24, 2.45) is 5.41 Å². The van der Waals surface area contributed by atoms with E-state index in [1.807, 2.05) is 0 Å². The molecule has 1 aliphatic heterocycles. The number of carbonyl (C=O) groups is 3. The number of halogens is 1. The Labute approximate surface area is 150 Å². The Kier molecular flexibility index (Phi) is 4.92. The predicted octanol–water partition coefficient (Wildman–Crippen LogP) is 1.92. The molecule has 26 heavy (non-hydrogen) atoms. The second-order valence-corrected chi connectivity index (χ2v) is 6.48. The first-order valence-electron chi connectivity index (χ1n) is 8.42. The van der Waals surface area contributed by atoms with Gasteiger partial charge in [-0.2, -0.15) is 0 Å². The smallest absolute Gasteiger partial charge is 0.321 e. The monoisotopic (exact) mass is 361 g/mol. The number of aliphatic carboxylic acids is 1. The van der Waals surface area contributed by atoms with E-state index in [4.69, 9.17) is 0 Å². The van der Waals surface area contributed by atoms with E-state index in [1.54, 1.807) is 17.1 Å². The van der Waals surface area contributed by atoms with Crippen LogP contribution < -0.4 is 5.32 Å². The Morgan fingerprint density at radius 3 is 2.04 bits per heavy atom. The van der Waals surface area contributed by atoms with Gasteiger partial charge in [-0.15, -0.1) is 0 Å². The number of piperazine rings is 1. The highest BCUT2D eigenvalue weighted by molar-refractivity contribution is 6.03. The maximum atomic E-state index is 12.9. The Hall–Kier alpha value is -2.90. The summed E-state index contributed by atoms with van der Waals surface area (Å²) in [5.41, 5.74) is -0.921.